The lowest BCUT2D eigenvalue weighted by atomic mass is 9.81. The molecule has 150 valence electrons. The van der Waals surface area contributed by atoms with Crippen molar-refractivity contribution in [1.82, 2.24) is 5.32 Å². The number of hydrogen-bond donors (Lipinski definition) is 2. The molecule has 1 aliphatic rings. The fourth-order valence-electron chi connectivity index (χ4n) is 3.72. The fraction of sp³-hybridized carbons (Fsp3) is 0.409. The number of aliphatic hydroxyl groups is 1. The third-order valence-electron chi connectivity index (χ3n) is 5.09. The van der Waals surface area contributed by atoms with Crippen LogP contribution in [0.4, 0.5) is 0 Å². The lowest BCUT2D eigenvalue weighted by Gasteiger charge is -2.31. The third-order valence-corrected chi connectivity index (χ3v) is 5.33. The van der Waals surface area contributed by atoms with Gasteiger partial charge in [0.15, 0.2) is 5.75 Å². The minimum absolute atomic E-state index is 0.339. The van der Waals surface area contributed by atoms with E-state index >= 15 is 0 Å². The topological polar surface area (TPSA) is 67.8 Å². The third kappa shape index (κ3) is 5.96. The van der Waals surface area contributed by atoms with Crippen molar-refractivity contribution in [1.29, 1.82) is 0 Å². The Hall–Kier alpha value is -2.08. The van der Waals surface area contributed by atoms with Crippen LogP contribution in [0.15, 0.2) is 48.5 Å². The molecule has 2 N–H and O–H groups in total. The number of hydrogen-bond acceptors (Lipinski definition) is 5. The van der Waals surface area contributed by atoms with Crippen molar-refractivity contribution in [2.24, 2.45) is 0 Å². The van der Waals surface area contributed by atoms with Gasteiger partial charge in [-0.15, -0.1) is 0 Å². The molecule has 3 rings (SSSR count). The second-order valence-corrected chi connectivity index (χ2v) is 7.71. The summed E-state index contributed by atoms with van der Waals surface area (Å²) in [6.07, 6.45) is 3.71. The zero-order valence-corrected chi connectivity index (χ0v) is 16.7. The van der Waals surface area contributed by atoms with Gasteiger partial charge in [0.1, 0.15) is 0 Å². The highest BCUT2D eigenvalue weighted by Gasteiger charge is 2.24. The first-order valence-electron chi connectivity index (χ1n) is 9.63. The second-order valence-electron chi connectivity index (χ2n) is 7.27. The van der Waals surface area contributed by atoms with Crippen LogP contribution >= 0.6 is 11.6 Å². The van der Waals surface area contributed by atoms with Crippen LogP contribution in [0.2, 0.25) is 5.02 Å². The molecule has 0 bridgehead atoms. The van der Waals surface area contributed by atoms with E-state index in [9.17, 15) is 9.90 Å². The standard InChI is InChI=1S/C22H26ClNO4/c1-15(25)27-28-21-10-4-6-17(13-21)16-5-3-9-20(12-16)24-14-22(26)18-7-2-8-19(23)11-18/h2,4,6-8,10-11,13,16,20,22,24,26H,3,5,9,12,14H2,1H3. The van der Waals surface area contributed by atoms with E-state index in [4.69, 9.17) is 16.5 Å². The highest BCUT2D eigenvalue weighted by molar-refractivity contribution is 6.30. The van der Waals surface area contributed by atoms with Gasteiger partial charge in [-0.2, -0.15) is 0 Å². The Kier molecular flexibility index (Phi) is 7.31. The number of benzene rings is 2. The average molecular weight is 404 g/mol. The van der Waals surface area contributed by atoms with Gasteiger partial charge in [0, 0.05) is 24.5 Å². The highest BCUT2D eigenvalue weighted by atomic mass is 35.5. The summed E-state index contributed by atoms with van der Waals surface area (Å²) in [5.74, 6) is 0.445. The van der Waals surface area contributed by atoms with Crippen LogP contribution in [0.1, 0.15) is 55.8 Å². The van der Waals surface area contributed by atoms with Crippen molar-refractivity contribution in [2.75, 3.05) is 6.54 Å². The maximum Gasteiger partial charge on any atom is 0.352 e. The molecular formula is C22H26ClNO4. The zero-order chi connectivity index (χ0) is 19.9. The predicted octanol–water partition coefficient (Wildman–Crippen LogP) is 4.55. The largest absolute Gasteiger partial charge is 0.387 e. The van der Waals surface area contributed by atoms with Gasteiger partial charge in [0.05, 0.1) is 6.10 Å². The molecule has 0 heterocycles. The number of carbonyl (C=O) groups excluding carboxylic acids is 1. The van der Waals surface area contributed by atoms with Crippen LogP contribution < -0.4 is 10.2 Å². The van der Waals surface area contributed by atoms with Crippen LogP contribution in [0, 0.1) is 0 Å². The summed E-state index contributed by atoms with van der Waals surface area (Å²) in [7, 11) is 0. The van der Waals surface area contributed by atoms with Crippen LogP contribution in [0.5, 0.6) is 5.75 Å². The minimum Gasteiger partial charge on any atom is -0.387 e. The maximum atomic E-state index is 10.9. The average Bonchev–Trinajstić information content (AvgIpc) is 2.71. The van der Waals surface area contributed by atoms with Crippen molar-refractivity contribution >= 4 is 17.6 Å². The van der Waals surface area contributed by atoms with Crippen molar-refractivity contribution in [2.45, 2.75) is 50.7 Å². The summed E-state index contributed by atoms with van der Waals surface area (Å²) in [5, 5.41) is 14.5. The lowest BCUT2D eigenvalue weighted by Crippen LogP contribution is -2.36. The number of aliphatic hydroxyl groups excluding tert-OH is 1. The first-order chi connectivity index (χ1) is 13.5. The molecule has 1 saturated carbocycles. The quantitative estimate of drug-likeness (QED) is 0.524. The van der Waals surface area contributed by atoms with Gasteiger partial charge in [-0.3, -0.25) is 9.78 Å². The normalized spacial score (nSPS) is 20.4. The van der Waals surface area contributed by atoms with Crippen molar-refractivity contribution < 1.29 is 19.7 Å². The molecule has 3 atom stereocenters. The molecule has 1 aliphatic carbocycles. The van der Waals surface area contributed by atoms with E-state index in [0.29, 0.717) is 29.3 Å². The molecule has 0 saturated heterocycles. The van der Waals surface area contributed by atoms with Gasteiger partial charge in [0.2, 0.25) is 0 Å². The molecular weight excluding hydrogens is 378 g/mol. The van der Waals surface area contributed by atoms with Gasteiger partial charge in [-0.25, -0.2) is 4.79 Å². The van der Waals surface area contributed by atoms with E-state index in [1.54, 1.807) is 18.2 Å². The smallest absolute Gasteiger partial charge is 0.352 e. The van der Waals surface area contributed by atoms with Gasteiger partial charge >= 0.3 is 5.97 Å². The predicted molar refractivity (Wildman–Crippen MR) is 108 cm³/mol. The SMILES string of the molecule is CC(=O)OOc1cccc(C2CCCC(NCC(O)c3cccc(Cl)c3)C2)c1. The molecule has 0 spiro atoms. The Labute approximate surface area is 170 Å². The van der Waals surface area contributed by atoms with Crippen LogP contribution in [-0.4, -0.2) is 23.7 Å². The molecule has 2 aromatic rings. The van der Waals surface area contributed by atoms with Crippen LogP contribution in [0.25, 0.3) is 0 Å². The van der Waals surface area contributed by atoms with Gasteiger partial charge in [-0.05, 0) is 60.6 Å². The number of halogens is 1. The molecule has 3 unspecified atom stereocenters. The molecule has 0 aliphatic heterocycles. The van der Waals surface area contributed by atoms with Crippen molar-refractivity contribution in [3.63, 3.8) is 0 Å². The van der Waals surface area contributed by atoms with E-state index in [1.165, 1.54) is 12.5 Å². The highest BCUT2D eigenvalue weighted by Crippen LogP contribution is 2.34. The van der Waals surface area contributed by atoms with Crippen LogP contribution in [0.3, 0.4) is 0 Å². The summed E-state index contributed by atoms with van der Waals surface area (Å²) < 4.78 is 0. The molecule has 5 nitrogen and oxygen atoms in total. The lowest BCUT2D eigenvalue weighted by molar-refractivity contribution is -0.210. The molecule has 0 aromatic heterocycles. The summed E-state index contributed by atoms with van der Waals surface area (Å²) >= 11 is 6.01. The monoisotopic (exact) mass is 403 g/mol. The van der Waals surface area contributed by atoms with Gasteiger partial charge < -0.3 is 10.4 Å². The minimum atomic E-state index is -0.584. The molecule has 0 amide bonds. The fourth-order valence-corrected chi connectivity index (χ4v) is 3.91. The van der Waals surface area contributed by atoms with E-state index in [0.717, 1.165) is 31.2 Å². The first kappa shape index (κ1) is 20.6. The molecule has 0 radical (unpaired) electrons. The Morgan fingerprint density at radius 2 is 2.07 bits per heavy atom. The molecule has 1 fully saturated rings. The van der Waals surface area contributed by atoms with Crippen molar-refractivity contribution in [3.05, 3.63) is 64.7 Å². The molecule has 2 aromatic carbocycles. The number of carbonyl (C=O) groups is 1. The maximum absolute atomic E-state index is 10.9. The second kappa shape index (κ2) is 9.92. The summed E-state index contributed by atoms with van der Waals surface area (Å²) in [5.41, 5.74) is 1.99. The number of rotatable bonds is 7. The Bertz CT molecular complexity index is 798. The van der Waals surface area contributed by atoms with Gasteiger partial charge in [0.25, 0.3) is 0 Å². The molecule has 6 heteroatoms. The summed E-state index contributed by atoms with van der Waals surface area (Å²) in [6.45, 7) is 1.80. The summed E-state index contributed by atoms with van der Waals surface area (Å²) in [4.78, 5) is 20.6. The summed E-state index contributed by atoms with van der Waals surface area (Å²) in [6, 6.07) is 15.4. The zero-order valence-electron chi connectivity index (χ0n) is 15.9. The van der Waals surface area contributed by atoms with E-state index in [-0.39, 0.29) is 0 Å². The molecule has 28 heavy (non-hydrogen) atoms. The van der Waals surface area contributed by atoms with E-state index < -0.39 is 12.1 Å². The number of nitrogens with one attached hydrogen (secondary N) is 1. The Morgan fingerprint density at radius 3 is 2.86 bits per heavy atom. The van der Waals surface area contributed by atoms with Crippen LogP contribution in [-0.2, 0) is 9.68 Å². The van der Waals surface area contributed by atoms with Gasteiger partial charge in [-0.1, -0.05) is 42.3 Å². The van der Waals surface area contributed by atoms with E-state index in [2.05, 4.69) is 16.3 Å². The Morgan fingerprint density at radius 1 is 1.25 bits per heavy atom. The van der Waals surface area contributed by atoms with E-state index in [1.807, 2.05) is 24.3 Å². The van der Waals surface area contributed by atoms with Crippen molar-refractivity contribution in [3.8, 4) is 5.75 Å². The first-order valence-corrected chi connectivity index (χ1v) is 10.0. The Balaban J connectivity index is 1.55.